The van der Waals surface area contributed by atoms with E-state index < -0.39 is 0 Å². The van der Waals surface area contributed by atoms with E-state index in [1.807, 2.05) is 48.5 Å². The average molecular weight is 1090 g/mol. The second kappa shape index (κ2) is 20.2. The third kappa shape index (κ3) is 9.86. The molecule has 0 aliphatic rings. The van der Waals surface area contributed by atoms with Crippen LogP contribution in [0, 0.1) is 24.5 Å². The second-order valence-corrected chi connectivity index (χ2v) is 26.4. The van der Waals surface area contributed by atoms with E-state index in [0.29, 0.717) is 34.4 Å². The SMILES string of the molecule is [C-]#[N+]c1ccc(-c2ccc(-n3c4ccccc4c4cc([N+]#[C-])ccc43)c(-c3cc(-c4nc(-c5cc(C(C)(C)C)cc(C(C)(C)C)c5)nc(-c5cc(C(C)(C)C)cc(C(C)(C)C)c5)n4)ccc3-n3c4ccccc4c4cc(C#N)ccc43)c2)cc1. The first-order valence-corrected chi connectivity index (χ1v) is 28.7. The van der Waals surface area contributed by atoms with Crippen LogP contribution in [0.5, 0.6) is 0 Å². The number of aromatic nitrogens is 5. The van der Waals surface area contributed by atoms with Crippen molar-refractivity contribution in [2.75, 3.05) is 0 Å². The normalized spacial score (nSPS) is 12.2. The molecule has 84 heavy (non-hydrogen) atoms. The van der Waals surface area contributed by atoms with E-state index in [4.69, 9.17) is 28.1 Å². The van der Waals surface area contributed by atoms with Crippen LogP contribution in [0.25, 0.3) is 121 Å². The molecule has 8 heteroatoms. The lowest BCUT2D eigenvalue weighted by molar-refractivity contribution is 0.568. The fourth-order valence-electron chi connectivity index (χ4n) is 11.5. The van der Waals surface area contributed by atoms with Gasteiger partial charge in [0, 0.05) is 44.0 Å². The molecule has 0 N–H and O–H groups in total. The van der Waals surface area contributed by atoms with Crippen LogP contribution in [0.1, 0.15) is 111 Å². The van der Waals surface area contributed by atoms with Gasteiger partial charge in [0.05, 0.1) is 58.2 Å². The second-order valence-electron chi connectivity index (χ2n) is 26.4. The van der Waals surface area contributed by atoms with Gasteiger partial charge in [-0.05, 0) is 157 Å². The fourth-order valence-corrected chi connectivity index (χ4v) is 11.5. The molecular formula is C76H66N8. The predicted octanol–water partition coefficient (Wildman–Crippen LogP) is 20.6. The van der Waals surface area contributed by atoms with E-state index in [2.05, 4.69) is 241 Å². The summed E-state index contributed by atoms with van der Waals surface area (Å²) < 4.78 is 4.65. The summed E-state index contributed by atoms with van der Waals surface area (Å²) in [6.45, 7) is 42.9. The summed E-state index contributed by atoms with van der Waals surface area (Å²) in [5.74, 6) is 1.69. The van der Waals surface area contributed by atoms with Gasteiger partial charge in [-0.25, -0.2) is 24.6 Å². The Labute approximate surface area is 493 Å². The molecule has 3 heterocycles. The number of hydrogen-bond donors (Lipinski definition) is 0. The van der Waals surface area contributed by atoms with Gasteiger partial charge in [0.2, 0.25) is 0 Å². The molecule has 0 fully saturated rings. The van der Waals surface area contributed by atoms with Crippen molar-refractivity contribution in [1.29, 1.82) is 5.26 Å². The first-order chi connectivity index (χ1) is 40.0. The summed E-state index contributed by atoms with van der Waals surface area (Å²) >= 11 is 0. The molecule has 0 spiro atoms. The quantitative estimate of drug-likeness (QED) is 0.149. The number of rotatable bonds is 7. The van der Waals surface area contributed by atoms with Gasteiger partial charge in [-0.2, -0.15) is 5.26 Å². The Hall–Kier alpha value is -9.94. The molecule has 9 aromatic carbocycles. The Morgan fingerprint density at radius 2 is 0.738 bits per heavy atom. The summed E-state index contributed by atoms with van der Waals surface area (Å²) in [4.78, 5) is 24.2. The van der Waals surface area contributed by atoms with Gasteiger partial charge < -0.3 is 9.13 Å². The number of hydrogen-bond acceptors (Lipinski definition) is 4. The Morgan fingerprint density at radius 3 is 1.19 bits per heavy atom. The molecule has 8 nitrogen and oxygen atoms in total. The summed E-state index contributed by atoms with van der Waals surface area (Å²) in [5.41, 5.74) is 18.0. The van der Waals surface area contributed by atoms with Gasteiger partial charge in [-0.1, -0.05) is 168 Å². The molecular weight excluding hydrogens is 1020 g/mol. The van der Waals surface area contributed by atoms with Gasteiger partial charge in [-0.3, -0.25) is 0 Å². The first kappa shape index (κ1) is 54.6. The highest BCUT2D eigenvalue weighted by Gasteiger charge is 2.28. The minimum Gasteiger partial charge on any atom is -0.309 e. The van der Waals surface area contributed by atoms with Gasteiger partial charge in [0.1, 0.15) is 0 Å². The summed E-state index contributed by atoms with van der Waals surface area (Å²) in [6.07, 6.45) is 0. The van der Waals surface area contributed by atoms with Crippen LogP contribution in [0.4, 0.5) is 11.4 Å². The van der Waals surface area contributed by atoms with Crippen LogP contribution in [0.15, 0.2) is 182 Å². The smallest absolute Gasteiger partial charge is 0.188 e. The molecule has 12 aromatic rings. The van der Waals surface area contributed by atoms with Gasteiger partial charge in [0.25, 0.3) is 0 Å². The number of nitriles is 1. The van der Waals surface area contributed by atoms with E-state index in [9.17, 15) is 5.26 Å². The number of nitrogens with zero attached hydrogens (tertiary/aromatic N) is 8. The van der Waals surface area contributed by atoms with Crippen molar-refractivity contribution in [3.8, 4) is 73.9 Å². The Morgan fingerprint density at radius 1 is 0.357 bits per heavy atom. The lowest BCUT2D eigenvalue weighted by atomic mass is 9.79. The van der Waals surface area contributed by atoms with Crippen LogP contribution >= 0.6 is 0 Å². The largest absolute Gasteiger partial charge is 0.309 e. The minimum atomic E-state index is -0.161. The minimum absolute atomic E-state index is 0.161. The standard InChI is InChI=1S/C76H66N8/c1-73(2,3)52-36-50(37-53(42-52)74(4,5)6)71-80-70(81-72(82-71)51-38-54(75(7,8)9)43-55(39-51)76(10,11)12)49-27-33-68(83-64-21-17-15-19-58(64)60-35-46(45-77)23-31-66(60)83)62(41-49)61-40-48(47-24-28-56(78-13)29-25-47)26-32-67(61)84-65-22-18-16-20-59(65)63-44-57(79-14)30-34-69(63)84/h15-44H,1-12H3. The highest BCUT2D eigenvalue weighted by Crippen LogP contribution is 2.45. The number of benzene rings is 9. The zero-order valence-electron chi connectivity index (χ0n) is 49.9. The number of fused-ring (bicyclic) bond motifs is 6. The van der Waals surface area contributed by atoms with Crippen molar-refractivity contribution in [2.45, 2.75) is 105 Å². The maximum atomic E-state index is 10.3. The molecule has 410 valence electrons. The van der Waals surface area contributed by atoms with Crippen LogP contribution in [-0.2, 0) is 21.7 Å². The summed E-state index contributed by atoms with van der Waals surface area (Å²) in [5, 5.41) is 14.3. The van der Waals surface area contributed by atoms with E-state index in [1.165, 1.54) is 22.3 Å². The Balaban J connectivity index is 1.22. The maximum absolute atomic E-state index is 10.3. The molecule has 0 radical (unpaired) electrons. The lowest BCUT2D eigenvalue weighted by Crippen LogP contribution is -2.17. The van der Waals surface area contributed by atoms with Crippen molar-refractivity contribution >= 4 is 55.0 Å². The van der Waals surface area contributed by atoms with E-state index in [0.717, 1.165) is 93.9 Å². The summed E-state index contributed by atoms with van der Waals surface area (Å²) in [7, 11) is 0. The molecule has 0 aliphatic heterocycles. The van der Waals surface area contributed by atoms with E-state index in [-0.39, 0.29) is 21.7 Å². The molecule has 3 aromatic heterocycles. The third-order valence-electron chi connectivity index (χ3n) is 16.4. The first-order valence-electron chi connectivity index (χ1n) is 28.7. The molecule has 0 unspecified atom stereocenters. The van der Waals surface area contributed by atoms with Crippen molar-refractivity contribution in [2.24, 2.45) is 0 Å². The average Bonchev–Trinajstić information content (AvgIpc) is 1.69. The number of para-hydroxylation sites is 2. The van der Waals surface area contributed by atoms with Gasteiger partial charge >= 0.3 is 0 Å². The van der Waals surface area contributed by atoms with Crippen molar-refractivity contribution in [3.05, 3.63) is 233 Å². The van der Waals surface area contributed by atoms with Crippen LogP contribution in [-0.4, -0.2) is 24.1 Å². The third-order valence-corrected chi connectivity index (χ3v) is 16.4. The molecule has 0 saturated heterocycles. The molecule has 12 rings (SSSR count). The predicted molar refractivity (Wildman–Crippen MR) is 348 cm³/mol. The zero-order valence-corrected chi connectivity index (χ0v) is 49.9. The van der Waals surface area contributed by atoms with Gasteiger partial charge in [-0.15, -0.1) is 0 Å². The molecule has 0 atom stereocenters. The van der Waals surface area contributed by atoms with Crippen molar-refractivity contribution in [1.82, 2.24) is 24.1 Å². The van der Waals surface area contributed by atoms with Gasteiger partial charge in [0.15, 0.2) is 28.8 Å². The lowest BCUT2D eigenvalue weighted by Gasteiger charge is -2.26. The van der Waals surface area contributed by atoms with Crippen molar-refractivity contribution in [3.63, 3.8) is 0 Å². The Kier molecular flexibility index (Phi) is 13.1. The van der Waals surface area contributed by atoms with Crippen LogP contribution in [0.2, 0.25) is 0 Å². The van der Waals surface area contributed by atoms with E-state index >= 15 is 0 Å². The zero-order chi connectivity index (χ0) is 59.2. The molecule has 0 bridgehead atoms. The molecule has 0 amide bonds. The maximum Gasteiger partial charge on any atom is 0.188 e. The topological polar surface area (TPSA) is 81.0 Å². The highest BCUT2D eigenvalue weighted by atomic mass is 15.0. The van der Waals surface area contributed by atoms with Crippen molar-refractivity contribution < 1.29 is 0 Å². The molecule has 0 saturated carbocycles. The van der Waals surface area contributed by atoms with Crippen LogP contribution < -0.4 is 0 Å². The van der Waals surface area contributed by atoms with E-state index in [1.54, 1.807) is 0 Å². The molecule has 0 aliphatic carbocycles. The summed E-state index contributed by atoms with van der Waals surface area (Å²) in [6, 6.07) is 65.8. The fraction of sp³-hybridized carbons (Fsp3) is 0.211. The van der Waals surface area contributed by atoms with Crippen LogP contribution in [0.3, 0.4) is 0 Å². The monoisotopic (exact) mass is 1090 g/mol. The Bertz CT molecular complexity index is 4630. The highest BCUT2D eigenvalue weighted by molar-refractivity contribution is 6.12.